The third-order valence-electron chi connectivity index (χ3n) is 0. The van der Waals surface area contributed by atoms with Crippen molar-refractivity contribution in [1.82, 2.24) is 0 Å². The van der Waals surface area contributed by atoms with Gasteiger partial charge in [0.25, 0.3) is 0 Å². The van der Waals surface area contributed by atoms with Crippen molar-refractivity contribution in [1.29, 1.82) is 0 Å². The van der Waals surface area contributed by atoms with Crippen molar-refractivity contribution in [3.63, 3.8) is 0 Å². The minimum atomic E-state index is -1.08. The maximum absolute atomic E-state index is 8.89. The van der Waals surface area contributed by atoms with E-state index < -0.39 is 11.9 Å². The van der Waals surface area contributed by atoms with E-state index in [4.69, 9.17) is 19.8 Å². The summed E-state index contributed by atoms with van der Waals surface area (Å²) >= 11 is 0. The molecule has 0 fully saturated rings. The number of hydrogen-bond donors (Lipinski definition) is 0. The van der Waals surface area contributed by atoms with E-state index in [0.29, 0.717) is 0 Å². The van der Waals surface area contributed by atoms with Crippen LogP contribution >= 0.6 is 0 Å². The van der Waals surface area contributed by atoms with Gasteiger partial charge in [0.15, 0.2) is 0 Å². The van der Waals surface area contributed by atoms with Gasteiger partial charge in [-0.1, -0.05) is 0 Å². The molecular formula is C4H6Ba2O4+2. The van der Waals surface area contributed by atoms with Crippen molar-refractivity contribution in [3.05, 3.63) is 0 Å². The standard InChI is InChI=1S/2C2H4O2.2Ba/c2*1-2(3)4;;/h2*1H3,(H,3,4);;/q;;2*+2/p-2. The van der Waals surface area contributed by atoms with Gasteiger partial charge in [-0.3, -0.25) is 0 Å². The molecule has 0 spiro atoms. The molecule has 0 N–H and O–H groups in total. The van der Waals surface area contributed by atoms with Gasteiger partial charge >= 0.3 is 97.8 Å². The van der Waals surface area contributed by atoms with E-state index in [-0.39, 0.29) is 97.8 Å². The van der Waals surface area contributed by atoms with Gasteiger partial charge in [0, 0.05) is 11.9 Å². The van der Waals surface area contributed by atoms with Gasteiger partial charge in [-0.25, -0.2) is 0 Å². The molecule has 0 saturated carbocycles. The molecule has 4 nitrogen and oxygen atoms in total. The molecule has 6 heteroatoms. The molecule has 0 amide bonds. The largest absolute Gasteiger partial charge is 2.00 e. The first-order valence-corrected chi connectivity index (χ1v) is 1.82. The molecule has 0 unspecified atom stereocenters. The number of aliphatic carboxylic acids is 2. The predicted molar refractivity (Wildman–Crippen MR) is 32.9 cm³/mol. The molecule has 0 aromatic heterocycles. The summed E-state index contributed by atoms with van der Waals surface area (Å²) < 4.78 is 0. The zero-order valence-electron chi connectivity index (χ0n) is 6.05. The Balaban J connectivity index is -0.0000000300. The number of carbonyl (C=O) groups is 2. The minimum absolute atomic E-state index is 0. The number of carboxylic acids is 2. The molecule has 0 atom stereocenters. The van der Waals surface area contributed by atoms with Crippen molar-refractivity contribution in [3.8, 4) is 0 Å². The van der Waals surface area contributed by atoms with Crippen LogP contribution in [0.2, 0.25) is 0 Å². The van der Waals surface area contributed by atoms with Crippen molar-refractivity contribution in [2.75, 3.05) is 0 Å². The summed E-state index contributed by atoms with van der Waals surface area (Å²) in [5.41, 5.74) is 0. The second-order valence-electron chi connectivity index (χ2n) is 0.983. The molecule has 0 rings (SSSR count). The maximum Gasteiger partial charge on any atom is 2.00 e. The van der Waals surface area contributed by atoms with Crippen molar-refractivity contribution < 1.29 is 19.8 Å². The van der Waals surface area contributed by atoms with Crippen molar-refractivity contribution in [2.45, 2.75) is 13.8 Å². The van der Waals surface area contributed by atoms with Crippen LogP contribution in [0.1, 0.15) is 13.8 Å². The van der Waals surface area contributed by atoms with Gasteiger partial charge < -0.3 is 19.8 Å². The van der Waals surface area contributed by atoms with Crippen LogP contribution in [0.15, 0.2) is 0 Å². The Kier molecular flexibility index (Phi) is 39.2. The van der Waals surface area contributed by atoms with Gasteiger partial charge in [0.05, 0.1) is 0 Å². The zero-order valence-corrected chi connectivity index (χ0v) is 14.9. The van der Waals surface area contributed by atoms with E-state index in [1.165, 1.54) is 0 Å². The van der Waals surface area contributed by atoms with Crippen LogP contribution in [-0.2, 0) is 9.59 Å². The van der Waals surface area contributed by atoms with Crippen LogP contribution in [0.5, 0.6) is 0 Å². The monoisotopic (exact) mass is 394 g/mol. The normalized spacial score (nSPS) is 5.00. The molecule has 0 aromatic carbocycles. The topological polar surface area (TPSA) is 80.3 Å². The summed E-state index contributed by atoms with van der Waals surface area (Å²) in [7, 11) is 0. The fourth-order valence-corrected chi connectivity index (χ4v) is 0. The fraction of sp³-hybridized carbons (Fsp3) is 0.500. The van der Waals surface area contributed by atoms with Crippen LogP contribution < -0.4 is 10.2 Å². The number of carboxylic acid groups (broad SMARTS) is 2. The van der Waals surface area contributed by atoms with Gasteiger partial charge in [-0.05, 0) is 13.8 Å². The molecule has 10 heavy (non-hydrogen) atoms. The van der Waals surface area contributed by atoms with Gasteiger partial charge in [-0.15, -0.1) is 0 Å². The van der Waals surface area contributed by atoms with Crippen LogP contribution in [0.25, 0.3) is 0 Å². The van der Waals surface area contributed by atoms with E-state index in [1.807, 2.05) is 0 Å². The predicted octanol–water partition coefficient (Wildman–Crippen LogP) is -3.25. The smallest absolute Gasteiger partial charge is 0.550 e. The van der Waals surface area contributed by atoms with Gasteiger partial charge in [0.1, 0.15) is 0 Å². The summed E-state index contributed by atoms with van der Waals surface area (Å²) in [6.45, 7) is 1.94. The summed E-state index contributed by atoms with van der Waals surface area (Å²) in [5, 5.41) is 17.8. The quantitative estimate of drug-likeness (QED) is 0.406. The Labute approximate surface area is 140 Å². The average molecular weight is 393 g/mol. The molecule has 0 heterocycles. The first-order valence-electron chi connectivity index (χ1n) is 1.82. The van der Waals surface area contributed by atoms with Crippen LogP contribution in [0, 0.1) is 0 Å². The van der Waals surface area contributed by atoms with Crippen molar-refractivity contribution >= 4 is 110 Å². The van der Waals surface area contributed by atoms with E-state index >= 15 is 0 Å². The molecule has 0 radical (unpaired) electrons. The van der Waals surface area contributed by atoms with E-state index in [0.717, 1.165) is 13.8 Å². The SMILES string of the molecule is CC(=O)[O-].CC(=O)[O-].[Ba+2].[Ba+2]. The minimum Gasteiger partial charge on any atom is -0.550 e. The number of carbonyl (C=O) groups excluding carboxylic acids is 2. The number of hydrogen-bond acceptors (Lipinski definition) is 4. The molecule has 0 aliphatic heterocycles. The third-order valence-corrected chi connectivity index (χ3v) is 0. The molecule has 48 valence electrons. The zero-order chi connectivity index (χ0) is 7.15. The average Bonchev–Trinajstić information content (AvgIpc) is 1.25. The fourth-order valence-electron chi connectivity index (χ4n) is 0. The van der Waals surface area contributed by atoms with E-state index in [1.54, 1.807) is 0 Å². The summed E-state index contributed by atoms with van der Waals surface area (Å²) in [4.78, 5) is 17.8. The summed E-state index contributed by atoms with van der Waals surface area (Å²) in [5.74, 6) is -2.17. The van der Waals surface area contributed by atoms with E-state index in [2.05, 4.69) is 0 Å². The Bertz CT molecular complexity index is 73.3. The Morgan fingerprint density at radius 2 is 0.900 bits per heavy atom. The molecule has 0 aliphatic carbocycles. The molecular weight excluding hydrogens is 387 g/mol. The van der Waals surface area contributed by atoms with E-state index in [9.17, 15) is 0 Å². The molecule has 0 bridgehead atoms. The van der Waals surface area contributed by atoms with Crippen LogP contribution in [0.3, 0.4) is 0 Å². The summed E-state index contributed by atoms with van der Waals surface area (Å²) in [6, 6.07) is 0. The van der Waals surface area contributed by atoms with Crippen LogP contribution in [0.4, 0.5) is 0 Å². The first kappa shape index (κ1) is 22.7. The maximum atomic E-state index is 8.89. The second-order valence-corrected chi connectivity index (χ2v) is 0.983. The second kappa shape index (κ2) is 17.2. The number of rotatable bonds is 0. The first-order chi connectivity index (χ1) is 3.46. The van der Waals surface area contributed by atoms with Crippen LogP contribution in [-0.4, -0.2) is 110 Å². The molecule has 0 aliphatic rings. The third kappa shape index (κ3) is 192. The van der Waals surface area contributed by atoms with Gasteiger partial charge in [0.2, 0.25) is 0 Å². The Morgan fingerprint density at radius 3 is 0.900 bits per heavy atom. The molecule has 0 aromatic rings. The van der Waals surface area contributed by atoms with Gasteiger partial charge in [-0.2, -0.15) is 0 Å². The molecule has 0 saturated heterocycles. The van der Waals surface area contributed by atoms with Crippen molar-refractivity contribution in [2.24, 2.45) is 0 Å². The summed E-state index contributed by atoms with van der Waals surface area (Å²) in [6.07, 6.45) is 0. The Hall–Kier alpha value is 2.08. The Morgan fingerprint density at radius 1 is 0.900 bits per heavy atom.